The third kappa shape index (κ3) is 2.19. The lowest BCUT2D eigenvalue weighted by Crippen LogP contribution is -2.33. The van der Waals surface area contributed by atoms with Gasteiger partial charge in [-0.2, -0.15) is 4.40 Å². The van der Waals surface area contributed by atoms with Crippen LogP contribution in [0.1, 0.15) is 19.8 Å². The zero-order valence-corrected chi connectivity index (χ0v) is 14.2. The van der Waals surface area contributed by atoms with Crippen molar-refractivity contribution in [3.05, 3.63) is 48.7 Å². The molecule has 25 heavy (non-hydrogen) atoms. The summed E-state index contributed by atoms with van der Waals surface area (Å²) < 4.78 is 15.5. The Kier molecular flexibility index (Phi) is 3.20. The second-order valence-electron chi connectivity index (χ2n) is 6.42. The molecule has 2 aromatic heterocycles. The van der Waals surface area contributed by atoms with Crippen LogP contribution >= 0.6 is 0 Å². The van der Waals surface area contributed by atoms with Gasteiger partial charge in [0.2, 0.25) is 6.79 Å². The summed E-state index contributed by atoms with van der Waals surface area (Å²) in [6.07, 6.45) is 4.50. The number of aromatic amines is 1. The molecule has 0 aliphatic carbocycles. The number of rotatable bonds is 4. The lowest BCUT2D eigenvalue weighted by Gasteiger charge is -1.99. The second kappa shape index (κ2) is 5.55. The van der Waals surface area contributed by atoms with Crippen molar-refractivity contribution in [1.29, 1.82) is 0 Å². The van der Waals surface area contributed by atoms with E-state index in [0.717, 1.165) is 41.5 Å². The zero-order valence-electron chi connectivity index (χ0n) is 14.2. The SMILES string of the molecule is CCCC[n+]1c2ccccc2n2cc(-c3ccc4c(c3)OCO4)[nH]c21. The topological polar surface area (TPSA) is 42.5 Å². The monoisotopic (exact) mass is 334 g/mol. The molecule has 1 aliphatic heterocycles. The van der Waals surface area contributed by atoms with Crippen LogP contribution in [-0.2, 0) is 6.54 Å². The minimum Gasteiger partial charge on any atom is -0.454 e. The van der Waals surface area contributed by atoms with E-state index in [1.54, 1.807) is 0 Å². The van der Waals surface area contributed by atoms with Gasteiger partial charge in [-0.05, 0) is 36.8 Å². The third-order valence-corrected chi connectivity index (χ3v) is 4.84. The number of imidazole rings is 2. The van der Waals surface area contributed by atoms with Crippen LogP contribution in [0.15, 0.2) is 48.7 Å². The summed E-state index contributed by atoms with van der Waals surface area (Å²) in [5.41, 5.74) is 4.65. The highest BCUT2D eigenvalue weighted by Crippen LogP contribution is 2.35. The van der Waals surface area contributed by atoms with Crippen molar-refractivity contribution in [2.75, 3.05) is 6.79 Å². The Balaban J connectivity index is 1.68. The van der Waals surface area contributed by atoms with Crippen LogP contribution in [-0.4, -0.2) is 16.2 Å². The maximum Gasteiger partial charge on any atom is 0.368 e. The molecule has 0 atom stereocenters. The van der Waals surface area contributed by atoms with E-state index in [2.05, 4.69) is 57.4 Å². The molecular weight excluding hydrogens is 314 g/mol. The zero-order chi connectivity index (χ0) is 16.8. The number of fused-ring (bicyclic) bond motifs is 4. The fraction of sp³-hybridized carbons (Fsp3) is 0.250. The molecule has 0 fully saturated rings. The van der Waals surface area contributed by atoms with Gasteiger partial charge in [-0.25, -0.2) is 9.55 Å². The molecule has 5 nitrogen and oxygen atoms in total. The number of H-pyrrole nitrogens is 1. The highest BCUT2D eigenvalue weighted by atomic mass is 16.7. The van der Waals surface area contributed by atoms with Gasteiger partial charge >= 0.3 is 5.78 Å². The predicted octanol–water partition coefficient (Wildman–Crippen LogP) is 3.90. The van der Waals surface area contributed by atoms with Crippen LogP contribution in [0.2, 0.25) is 0 Å². The Labute approximate surface area is 145 Å². The van der Waals surface area contributed by atoms with Crippen molar-refractivity contribution in [3.8, 4) is 22.8 Å². The quantitative estimate of drug-likeness (QED) is 0.575. The van der Waals surface area contributed by atoms with E-state index in [0.29, 0.717) is 6.79 Å². The van der Waals surface area contributed by atoms with E-state index in [-0.39, 0.29) is 0 Å². The van der Waals surface area contributed by atoms with Crippen LogP contribution in [0.25, 0.3) is 28.1 Å². The number of unbranched alkanes of at least 4 members (excludes halogenated alkanes) is 1. The smallest absolute Gasteiger partial charge is 0.368 e. The summed E-state index contributed by atoms with van der Waals surface area (Å²) in [5, 5.41) is 0. The van der Waals surface area contributed by atoms with Gasteiger partial charge in [0.05, 0.1) is 6.54 Å². The van der Waals surface area contributed by atoms with Gasteiger partial charge in [-0.15, -0.1) is 0 Å². The molecule has 5 heteroatoms. The molecule has 0 amide bonds. The first-order chi connectivity index (χ1) is 12.3. The van der Waals surface area contributed by atoms with E-state index < -0.39 is 0 Å². The van der Waals surface area contributed by atoms with E-state index in [4.69, 9.17) is 9.47 Å². The third-order valence-electron chi connectivity index (χ3n) is 4.84. The molecule has 4 aromatic rings. The number of hydrogen-bond donors (Lipinski definition) is 1. The van der Waals surface area contributed by atoms with Crippen LogP contribution < -0.4 is 14.0 Å². The lowest BCUT2D eigenvalue weighted by atomic mass is 10.1. The summed E-state index contributed by atoms with van der Waals surface area (Å²) >= 11 is 0. The van der Waals surface area contributed by atoms with Gasteiger partial charge < -0.3 is 9.47 Å². The number of nitrogens with zero attached hydrogens (tertiary/aromatic N) is 2. The normalized spacial score (nSPS) is 13.2. The van der Waals surface area contributed by atoms with Crippen molar-refractivity contribution in [2.24, 2.45) is 0 Å². The van der Waals surface area contributed by atoms with Crippen molar-refractivity contribution in [1.82, 2.24) is 9.38 Å². The first kappa shape index (κ1) is 14.4. The van der Waals surface area contributed by atoms with Crippen LogP contribution in [0, 0.1) is 0 Å². The van der Waals surface area contributed by atoms with E-state index in [9.17, 15) is 0 Å². The average Bonchev–Trinajstić information content (AvgIpc) is 3.34. The maximum absolute atomic E-state index is 5.52. The lowest BCUT2D eigenvalue weighted by molar-refractivity contribution is -0.648. The Morgan fingerprint density at radius 1 is 1.12 bits per heavy atom. The second-order valence-corrected chi connectivity index (χ2v) is 6.42. The summed E-state index contributed by atoms with van der Waals surface area (Å²) in [4.78, 5) is 3.60. The molecule has 0 radical (unpaired) electrons. The number of nitrogens with one attached hydrogen (secondary N) is 1. The Morgan fingerprint density at radius 2 is 2.00 bits per heavy atom. The van der Waals surface area contributed by atoms with Gasteiger partial charge in [0.15, 0.2) is 11.5 Å². The summed E-state index contributed by atoms with van der Waals surface area (Å²) in [7, 11) is 0. The molecule has 2 aromatic carbocycles. The molecule has 0 saturated heterocycles. The summed E-state index contributed by atoms with van der Waals surface area (Å²) in [6, 6.07) is 14.6. The van der Waals surface area contributed by atoms with E-state index >= 15 is 0 Å². The highest BCUT2D eigenvalue weighted by molar-refractivity contribution is 5.77. The molecule has 0 unspecified atom stereocenters. The van der Waals surface area contributed by atoms with Gasteiger partial charge in [0, 0.05) is 5.56 Å². The molecule has 3 heterocycles. The minimum atomic E-state index is 0.299. The van der Waals surface area contributed by atoms with Gasteiger partial charge in [0.1, 0.15) is 22.9 Å². The number of hydrogen-bond acceptors (Lipinski definition) is 2. The maximum atomic E-state index is 5.52. The average molecular weight is 334 g/mol. The van der Waals surface area contributed by atoms with Gasteiger partial charge in [-0.1, -0.05) is 25.5 Å². The van der Waals surface area contributed by atoms with Crippen LogP contribution in [0.4, 0.5) is 0 Å². The molecule has 1 aliphatic rings. The first-order valence-corrected chi connectivity index (χ1v) is 8.77. The molecule has 1 N–H and O–H groups in total. The van der Waals surface area contributed by atoms with Crippen LogP contribution in [0.3, 0.4) is 0 Å². The number of aryl methyl sites for hydroxylation is 1. The molecule has 0 saturated carbocycles. The fourth-order valence-corrected chi connectivity index (χ4v) is 3.55. The molecule has 0 spiro atoms. The first-order valence-electron chi connectivity index (χ1n) is 8.77. The molecule has 5 rings (SSSR count). The summed E-state index contributed by atoms with van der Waals surface area (Å²) in [6.45, 7) is 3.53. The van der Waals surface area contributed by atoms with Crippen molar-refractivity contribution < 1.29 is 14.0 Å². The van der Waals surface area contributed by atoms with Gasteiger partial charge in [-0.3, -0.25) is 0 Å². The predicted molar refractivity (Wildman–Crippen MR) is 95.9 cm³/mol. The number of para-hydroxylation sites is 2. The van der Waals surface area contributed by atoms with Crippen molar-refractivity contribution in [2.45, 2.75) is 26.3 Å². The van der Waals surface area contributed by atoms with E-state index in [1.807, 2.05) is 12.1 Å². The summed E-state index contributed by atoms with van der Waals surface area (Å²) in [5.74, 6) is 2.73. The highest BCUT2D eigenvalue weighted by Gasteiger charge is 2.22. The minimum absolute atomic E-state index is 0.299. The number of benzene rings is 2. The molecule has 126 valence electrons. The Morgan fingerprint density at radius 3 is 2.92 bits per heavy atom. The van der Waals surface area contributed by atoms with E-state index in [1.165, 1.54) is 17.5 Å². The Bertz CT molecular complexity index is 1080. The largest absolute Gasteiger partial charge is 0.454 e. The molecular formula is C20H20N3O2+. The number of aromatic nitrogens is 3. The standard InChI is InChI=1S/C20H19N3O2/c1-2-3-10-22-16-6-4-5-7-17(16)23-12-15(21-20(22)23)14-8-9-18-19(11-14)25-13-24-18/h4-9,11-12H,2-3,10,13H2,1H3/p+1. The Hall–Kier alpha value is -2.95. The fourth-order valence-electron chi connectivity index (χ4n) is 3.55. The number of ether oxygens (including phenoxy) is 2. The molecule has 0 bridgehead atoms. The van der Waals surface area contributed by atoms with Crippen molar-refractivity contribution >= 4 is 16.8 Å². The van der Waals surface area contributed by atoms with Gasteiger partial charge in [0.25, 0.3) is 0 Å². The van der Waals surface area contributed by atoms with Crippen molar-refractivity contribution in [3.63, 3.8) is 0 Å². The van der Waals surface area contributed by atoms with Crippen LogP contribution in [0.5, 0.6) is 11.5 Å².